The summed E-state index contributed by atoms with van der Waals surface area (Å²) in [4.78, 5) is 4.20. The van der Waals surface area contributed by atoms with E-state index in [0.717, 1.165) is 24.8 Å². The van der Waals surface area contributed by atoms with E-state index in [2.05, 4.69) is 4.98 Å². The van der Waals surface area contributed by atoms with Gasteiger partial charge in [-0.2, -0.15) is 0 Å². The van der Waals surface area contributed by atoms with Gasteiger partial charge in [-0.25, -0.2) is 13.6 Å². The summed E-state index contributed by atoms with van der Waals surface area (Å²) in [5.41, 5.74) is 4.85. The van der Waals surface area contributed by atoms with Crippen LogP contribution in [-0.4, -0.2) is 13.4 Å². The third-order valence-electron chi connectivity index (χ3n) is 3.78. The predicted octanol–water partition coefficient (Wildman–Crippen LogP) is 2.82. The van der Waals surface area contributed by atoms with Crippen LogP contribution in [0.4, 0.5) is 0 Å². The summed E-state index contributed by atoms with van der Waals surface area (Å²) < 4.78 is 22.6. The second-order valence-corrected chi connectivity index (χ2v) is 6.68. The van der Waals surface area contributed by atoms with Gasteiger partial charge in [-0.15, -0.1) is 0 Å². The zero-order chi connectivity index (χ0) is 14.9. The van der Waals surface area contributed by atoms with Gasteiger partial charge in [0, 0.05) is 12.4 Å². The largest absolute Gasteiger partial charge is 0.265 e. The van der Waals surface area contributed by atoms with Gasteiger partial charge in [-0.1, -0.05) is 12.1 Å². The second-order valence-electron chi connectivity index (χ2n) is 5.12. The first-order valence-electron chi connectivity index (χ1n) is 6.81. The minimum absolute atomic E-state index is 0.148. The van der Waals surface area contributed by atoms with E-state index in [0.29, 0.717) is 0 Å². The van der Waals surface area contributed by atoms with Crippen molar-refractivity contribution in [3.63, 3.8) is 0 Å². The van der Waals surface area contributed by atoms with Crippen LogP contribution < -0.4 is 5.14 Å². The molecule has 1 aromatic heterocycles. The SMILES string of the molecule is NS(=O)(=O)c1ccc(C2=C(c3ccncc3)CCC2)cc1. The lowest BCUT2D eigenvalue weighted by Crippen LogP contribution is -2.11. The highest BCUT2D eigenvalue weighted by molar-refractivity contribution is 7.89. The molecule has 0 aliphatic heterocycles. The lowest BCUT2D eigenvalue weighted by Gasteiger charge is -2.09. The zero-order valence-corrected chi connectivity index (χ0v) is 12.3. The van der Waals surface area contributed by atoms with Gasteiger partial charge in [0.1, 0.15) is 0 Å². The molecule has 1 aliphatic rings. The molecule has 0 fully saturated rings. The van der Waals surface area contributed by atoms with E-state index in [9.17, 15) is 8.42 Å². The van der Waals surface area contributed by atoms with Gasteiger partial charge in [-0.05, 0) is 65.8 Å². The smallest absolute Gasteiger partial charge is 0.238 e. The summed E-state index contributed by atoms with van der Waals surface area (Å²) >= 11 is 0. The molecular formula is C16H16N2O2S. The number of primary sulfonamides is 1. The van der Waals surface area contributed by atoms with Crippen molar-refractivity contribution in [2.24, 2.45) is 5.14 Å². The van der Waals surface area contributed by atoms with Crippen molar-refractivity contribution in [3.8, 4) is 0 Å². The molecule has 2 aromatic rings. The fourth-order valence-corrected chi connectivity index (χ4v) is 3.30. The first kappa shape index (κ1) is 14.0. The zero-order valence-electron chi connectivity index (χ0n) is 11.5. The van der Waals surface area contributed by atoms with Crippen LogP contribution in [0.1, 0.15) is 30.4 Å². The highest BCUT2D eigenvalue weighted by Gasteiger charge is 2.18. The number of aromatic nitrogens is 1. The van der Waals surface area contributed by atoms with Crippen LogP contribution in [0.25, 0.3) is 11.1 Å². The summed E-state index contributed by atoms with van der Waals surface area (Å²) in [5, 5.41) is 5.13. The lowest BCUT2D eigenvalue weighted by atomic mass is 9.98. The Bertz CT molecular complexity index is 779. The molecule has 4 nitrogen and oxygen atoms in total. The summed E-state index contributed by atoms with van der Waals surface area (Å²) in [6.07, 6.45) is 6.75. The second kappa shape index (κ2) is 5.42. The molecule has 0 bridgehead atoms. The molecule has 3 rings (SSSR count). The quantitative estimate of drug-likeness (QED) is 0.947. The molecule has 0 spiro atoms. The van der Waals surface area contributed by atoms with E-state index in [4.69, 9.17) is 5.14 Å². The Morgan fingerprint density at radius 1 is 0.857 bits per heavy atom. The molecule has 108 valence electrons. The molecule has 2 N–H and O–H groups in total. The molecule has 0 radical (unpaired) electrons. The van der Waals surface area contributed by atoms with Crippen LogP contribution in [0, 0.1) is 0 Å². The maximum atomic E-state index is 11.3. The lowest BCUT2D eigenvalue weighted by molar-refractivity contribution is 0.598. The topological polar surface area (TPSA) is 73.1 Å². The van der Waals surface area contributed by atoms with Crippen LogP contribution in [0.15, 0.2) is 53.7 Å². The van der Waals surface area contributed by atoms with Crippen LogP contribution in [0.3, 0.4) is 0 Å². The Labute approximate surface area is 124 Å². The van der Waals surface area contributed by atoms with Crippen molar-refractivity contribution < 1.29 is 8.42 Å². The van der Waals surface area contributed by atoms with Crippen LogP contribution in [0.5, 0.6) is 0 Å². The van der Waals surface area contributed by atoms with Crippen molar-refractivity contribution in [3.05, 3.63) is 59.9 Å². The third kappa shape index (κ3) is 2.89. The highest BCUT2D eigenvalue weighted by atomic mass is 32.2. The Morgan fingerprint density at radius 2 is 1.38 bits per heavy atom. The monoisotopic (exact) mass is 300 g/mol. The molecular weight excluding hydrogens is 284 g/mol. The van der Waals surface area contributed by atoms with E-state index < -0.39 is 10.0 Å². The highest BCUT2D eigenvalue weighted by Crippen LogP contribution is 2.39. The van der Waals surface area contributed by atoms with Crippen molar-refractivity contribution >= 4 is 21.2 Å². The van der Waals surface area contributed by atoms with Crippen LogP contribution in [-0.2, 0) is 10.0 Å². The van der Waals surface area contributed by atoms with Crippen molar-refractivity contribution in [2.45, 2.75) is 24.2 Å². The molecule has 21 heavy (non-hydrogen) atoms. The number of sulfonamides is 1. The van der Waals surface area contributed by atoms with Crippen LogP contribution in [0.2, 0.25) is 0 Å². The van der Waals surface area contributed by atoms with E-state index in [1.165, 1.54) is 16.7 Å². The van der Waals surface area contributed by atoms with E-state index in [1.807, 2.05) is 24.3 Å². The molecule has 0 amide bonds. The molecule has 1 heterocycles. The van der Waals surface area contributed by atoms with Crippen LogP contribution >= 0.6 is 0 Å². The van der Waals surface area contributed by atoms with Gasteiger partial charge in [-0.3, -0.25) is 4.98 Å². The number of nitrogens with two attached hydrogens (primary N) is 1. The summed E-state index contributed by atoms with van der Waals surface area (Å²) in [5.74, 6) is 0. The third-order valence-corrected chi connectivity index (χ3v) is 4.71. The molecule has 1 aliphatic carbocycles. The minimum Gasteiger partial charge on any atom is -0.265 e. The normalized spacial score (nSPS) is 15.5. The number of nitrogens with zero attached hydrogens (tertiary/aromatic N) is 1. The Hall–Kier alpha value is -1.98. The number of allylic oxidation sites excluding steroid dienone is 2. The molecule has 0 unspecified atom stereocenters. The van der Waals surface area contributed by atoms with E-state index in [1.54, 1.807) is 24.5 Å². The Morgan fingerprint density at radius 3 is 1.90 bits per heavy atom. The van der Waals surface area contributed by atoms with Crippen molar-refractivity contribution in [1.29, 1.82) is 0 Å². The predicted molar refractivity (Wildman–Crippen MR) is 82.7 cm³/mol. The number of rotatable bonds is 3. The molecule has 5 heteroatoms. The van der Waals surface area contributed by atoms with Gasteiger partial charge < -0.3 is 0 Å². The Balaban J connectivity index is 2.03. The number of benzene rings is 1. The van der Waals surface area contributed by atoms with E-state index >= 15 is 0 Å². The van der Waals surface area contributed by atoms with Crippen molar-refractivity contribution in [1.82, 2.24) is 4.98 Å². The standard InChI is InChI=1S/C16H16N2O2S/c17-21(19,20)14-6-4-12(5-7-14)15-2-1-3-16(15)13-8-10-18-11-9-13/h4-11H,1-3H2,(H2,17,19,20). The molecule has 0 atom stereocenters. The minimum atomic E-state index is -3.63. The maximum absolute atomic E-state index is 11.3. The fourth-order valence-electron chi connectivity index (χ4n) is 2.78. The number of hydrogen-bond donors (Lipinski definition) is 1. The van der Waals surface area contributed by atoms with Gasteiger partial charge >= 0.3 is 0 Å². The average molecular weight is 300 g/mol. The molecule has 0 saturated heterocycles. The first-order chi connectivity index (χ1) is 10.1. The van der Waals surface area contributed by atoms with Gasteiger partial charge in [0.05, 0.1) is 4.90 Å². The Kier molecular flexibility index (Phi) is 3.61. The summed E-state index contributed by atoms with van der Waals surface area (Å²) in [6, 6.07) is 10.8. The number of hydrogen-bond acceptors (Lipinski definition) is 3. The first-order valence-corrected chi connectivity index (χ1v) is 8.36. The van der Waals surface area contributed by atoms with Gasteiger partial charge in [0.25, 0.3) is 0 Å². The average Bonchev–Trinajstić information content (AvgIpc) is 2.97. The molecule has 0 saturated carbocycles. The van der Waals surface area contributed by atoms with Gasteiger partial charge in [0.2, 0.25) is 10.0 Å². The molecule has 1 aromatic carbocycles. The summed E-state index contributed by atoms with van der Waals surface area (Å²) in [7, 11) is -3.63. The summed E-state index contributed by atoms with van der Waals surface area (Å²) in [6.45, 7) is 0. The fraction of sp³-hybridized carbons (Fsp3) is 0.188. The maximum Gasteiger partial charge on any atom is 0.238 e. The van der Waals surface area contributed by atoms with Gasteiger partial charge in [0.15, 0.2) is 0 Å². The van der Waals surface area contributed by atoms with E-state index in [-0.39, 0.29) is 4.90 Å². The van der Waals surface area contributed by atoms with Crippen molar-refractivity contribution in [2.75, 3.05) is 0 Å². The number of pyridine rings is 1.